The fourth-order valence-corrected chi connectivity index (χ4v) is 4.62. The second-order valence-electron chi connectivity index (χ2n) is 6.65. The second-order valence-corrected chi connectivity index (χ2v) is 8.52. The molecule has 2 aromatic carbocycles. The van der Waals surface area contributed by atoms with Crippen LogP contribution in [0.1, 0.15) is 26.7 Å². The van der Waals surface area contributed by atoms with E-state index < -0.39 is 21.7 Å². The molecule has 0 spiro atoms. The minimum absolute atomic E-state index is 0.00647. The van der Waals surface area contributed by atoms with E-state index in [1.165, 1.54) is 22.5 Å². The van der Waals surface area contributed by atoms with Gasteiger partial charge in [-0.3, -0.25) is 13.7 Å². The lowest BCUT2D eigenvalue weighted by molar-refractivity contribution is -0.143. The first-order chi connectivity index (χ1) is 14.4. The molecule has 0 atom stereocenters. The van der Waals surface area contributed by atoms with Gasteiger partial charge < -0.3 is 9.15 Å². The Balaban J connectivity index is 2.02. The fraction of sp³-hybridized carbons (Fsp3) is 0.333. The molecule has 0 bridgehead atoms. The molecule has 8 nitrogen and oxygen atoms in total. The van der Waals surface area contributed by atoms with E-state index in [1.807, 2.05) is 13.0 Å². The van der Waals surface area contributed by atoms with Crippen molar-refractivity contribution in [3.63, 3.8) is 0 Å². The quantitative estimate of drug-likeness (QED) is 0.482. The number of unbranched alkanes of at least 4 members (excludes halogenated alkanes) is 1. The van der Waals surface area contributed by atoms with Crippen LogP contribution in [-0.4, -0.2) is 32.1 Å². The topological polar surface area (TPSA) is 98.8 Å². The Hall–Kier alpha value is -3.07. The van der Waals surface area contributed by atoms with E-state index >= 15 is 0 Å². The Labute approximate surface area is 174 Å². The summed E-state index contributed by atoms with van der Waals surface area (Å²) in [5.74, 6) is -1.33. The molecule has 0 saturated carbocycles. The van der Waals surface area contributed by atoms with Crippen molar-refractivity contribution in [2.24, 2.45) is 0 Å². The number of aromatic nitrogens is 1. The van der Waals surface area contributed by atoms with Crippen LogP contribution in [-0.2, 0) is 26.1 Å². The van der Waals surface area contributed by atoms with Gasteiger partial charge in [0.25, 0.3) is 10.0 Å². The summed E-state index contributed by atoms with van der Waals surface area (Å²) in [6.45, 7) is 3.87. The van der Waals surface area contributed by atoms with Gasteiger partial charge in [0.05, 0.1) is 22.7 Å². The van der Waals surface area contributed by atoms with Crippen LogP contribution < -0.4 is 10.1 Å². The van der Waals surface area contributed by atoms with Gasteiger partial charge in [-0.15, -0.1) is 0 Å². The molecule has 0 aliphatic carbocycles. The number of hydrogen-bond acceptors (Lipinski definition) is 6. The van der Waals surface area contributed by atoms with Gasteiger partial charge in [0.1, 0.15) is 6.54 Å². The fourth-order valence-electron chi connectivity index (χ4n) is 3.10. The maximum atomic E-state index is 13.4. The molecule has 1 aromatic heterocycles. The van der Waals surface area contributed by atoms with Crippen molar-refractivity contribution in [3.8, 4) is 0 Å². The van der Waals surface area contributed by atoms with E-state index in [-0.39, 0.29) is 23.6 Å². The lowest BCUT2D eigenvalue weighted by Gasteiger charge is -2.24. The summed E-state index contributed by atoms with van der Waals surface area (Å²) < 4.78 is 39.3. The van der Waals surface area contributed by atoms with Crippen LogP contribution in [0.4, 0.5) is 5.69 Å². The van der Waals surface area contributed by atoms with E-state index in [2.05, 4.69) is 0 Å². The highest BCUT2D eigenvalue weighted by atomic mass is 32.2. The standard InChI is InChI=1S/C21H24N2O6S/c1-3-5-13-23(16-9-7-6-8-10-16)30(26,27)17-11-12-18-19(14-17)29-21(25)22(18)15-20(24)28-4-2/h6-12,14H,3-5,13,15H2,1-2H3. The first-order valence-electron chi connectivity index (χ1n) is 9.75. The van der Waals surface area contributed by atoms with Gasteiger partial charge in [-0.25, -0.2) is 13.2 Å². The smallest absolute Gasteiger partial charge is 0.420 e. The van der Waals surface area contributed by atoms with Crippen LogP contribution in [0.2, 0.25) is 0 Å². The van der Waals surface area contributed by atoms with Crippen molar-refractivity contribution < 1.29 is 22.4 Å². The van der Waals surface area contributed by atoms with Crippen LogP contribution in [0, 0.1) is 0 Å². The molecule has 160 valence electrons. The molecule has 9 heteroatoms. The average molecular weight is 432 g/mol. The van der Waals surface area contributed by atoms with Crippen molar-refractivity contribution in [2.75, 3.05) is 17.5 Å². The number of ether oxygens (including phenoxy) is 1. The summed E-state index contributed by atoms with van der Waals surface area (Å²) in [4.78, 5) is 23.9. The predicted octanol–water partition coefficient (Wildman–Crippen LogP) is 3.15. The molecule has 1 heterocycles. The van der Waals surface area contributed by atoms with Crippen molar-refractivity contribution in [3.05, 3.63) is 59.1 Å². The van der Waals surface area contributed by atoms with E-state index in [9.17, 15) is 18.0 Å². The highest BCUT2D eigenvalue weighted by Crippen LogP contribution is 2.26. The number of benzene rings is 2. The van der Waals surface area contributed by atoms with Gasteiger partial charge in [0, 0.05) is 12.6 Å². The molecule has 0 fully saturated rings. The zero-order valence-electron chi connectivity index (χ0n) is 16.9. The Morgan fingerprint density at radius 3 is 2.53 bits per heavy atom. The van der Waals surface area contributed by atoms with E-state index in [0.29, 0.717) is 24.2 Å². The Bertz CT molecular complexity index is 1180. The number of hydrogen-bond donors (Lipinski definition) is 0. The molecule has 0 radical (unpaired) electrons. The van der Waals surface area contributed by atoms with Crippen molar-refractivity contribution in [1.29, 1.82) is 0 Å². The van der Waals surface area contributed by atoms with Crippen molar-refractivity contribution in [1.82, 2.24) is 4.57 Å². The Morgan fingerprint density at radius 2 is 1.87 bits per heavy atom. The first-order valence-corrected chi connectivity index (χ1v) is 11.2. The van der Waals surface area contributed by atoms with Crippen LogP contribution in [0.15, 0.2) is 62.6 Å². The van der Waals surface area contributed by atoms with Gasteiger partial charge in [-0.1, -0.05) is 31.5 Å². The minimum atomic E-state index is -3.88. The van der Waals surface area contributed by atoms with E-state index in [4.69, 9.17) is 9.15 Å². The molecule has 0 N–H and O–H groups in total. The molecule has 0 aliphatic heterocycles. The predicted molar refractivity (Wildman–Crippen MR) is 113 cm³/mol. The molecule has 3 rings (SSSR count). The average Bonchev–Trinajstić information content (AvgIpc) is 3.03. The van der Waals surface area contributed by atoms with Gasteiger partial charge in [0.2, 0.25) is 0 Å². The lowest BCUT2D eigenvalue weighted by atomic mass is 10.3. The van der Waals surface area contributed by atoms with Crippen LogP contribution in [0.3, 0.4) is 0 Å². The van der Waals surface area contributed by atoms with Gasteiger partial charge in [-0.2, -0.15) is 0 Å². The highest BCUT2D eigenvalue weighted by Gasteiger charge is 2.26. The van der Waals surface area contributed by atoms with Gasteiger partial charge >= 0.3 is 11.7 Å². The summed E-state index contributed by atoms with van der Waals surface area (Å²) in [7, 11) is -3.88. The third kappa shape index (κ3) is 4.40. The molecule has 0 amide bonds. The number of rotatable bonds is 9. The van der Waals surface area contributed by atoms with Crippen molar-refractivity contribution >= 4 is 32.8 Å². The van der Waals surface area contributed by atoms with E-state index in [0.717, 1.165) is 11.0 Å². The molecule has 30 heavy (non-hydrogen) atoms. The number of anilines is 1. The zero-order chi connectivity index (χ0) is 21.7. The number of para-hydroxylation sites is 1. The normalized spacial score (nSPS) is 11.5. The first kappa shape index (κ1) is 21.6. The largest absolute Gasteiger partial charge is 0.465 e. The summed E-state index contributed by atoms with van der Waals surface area (Å²) in [5.41, 5.74) is 0.980. The van der Waals surface area contributed by atoms with Crippen molar-refractivity contribution in [2.45, 2.75) is 38.1 Å². The molecular formula is C21H24N2O6S. The second kappa shape index (κ2) is 9.17. The minimum Gasteiger partial charge on any atom is -0.465 e. The van der Waals surface area contributed by atoms with Gasteiger partial charge in [0.15, 0.2) is 5.58 Å². The third-order valence-electron chi connectivity index (χ3n) is 4.58. The zero-order valence-corrected chi connectivity index (χ0v) is 17.7. The molecular weight excluding hydrogens is 408 g/mol. The number of esters is 1. The molecule has 0 unspecified atom stereocenters. The van der Waals surface area contributed by atoms with Gasteiger partial charge in [-0.05, 0) is 37.6 Å². The summed E-state index contributed by atoms with van der Waals surface area (Å²) in [5, 5.41) is 0. The van der Waals surface area contributed by atoms with Crippen LogP contribution >= 0.6 is 0 Å². The highest BCUT2D eigenvalue weighted by molar-refractivity contribution is 7.92. The summed E-state index contributed by atoms with van der Waals surface area (Å²) in [6.07, 6.45) is 1.53. The number of oxazole rings is 1. The number of sulfonamides is 1. The summed E-state index contributed by atoms with van der Waals surface area (Å²) in [6, 6.07) is 13.1. The number of fused-ring (bicyclic) bond motifs is 1. The summed E-state index contributed by atoms with van der Waals surface area (Å²) >= 11 is 0. The molecule has 3 aromatic rings. The van der Waals surface area contributed by atoms with E-state index in [1.54, 1.807) is 31.2 Å². The van der Waals surface area contributed by atoms with Crippen LogP contribution in [0.5, 0.6) is 0 Å². The number of carbonyl (C=O) groups excluding carboxylic acids is 1. The maximum Gasteiger partial charge on any atom is 0.420 e. The Morgan fingerprint density at radius 1 is 1.13 bits per heavy atom. The maximum absolute atomic E-state index is 13.4. The van der Waals surface area contributed by atoms with Crippen LogP contribution in [0.25, 0.3) is 11.1 Å². The lowest BCUT2D eigenvalue weighted by Crippen LogP contribution is -2.32. The monoisotopic (exact) mass is 432 g/mol. The third-order valence-corrected chi connectivity index (χ3v) is 6.40. The Kier molecular flexibility index (Phi) is 6.61. The molecule has 0 aliphatic rings. The number of carbonyl (C=O) groups is 1. The number of nitrogens with zero attached hydrogens (tertiary/aromatic N) is 2. The molecule has 0 saturated heterocycles. The SMILES string of the molecule is CCCCN(c1ccccc1)S(=O)(=O)c1ccc2c(c1)oc(=O)n2CC(=O)OCC.